The monoisotopic (exact) mass is 232 g/mol. The molecule has 16 heavy (non-hydrogen) atoms. The highest BCUT2D eigenvalue weighted by Gasteiger charge is 2.20. The number of aromatic nitrogens is 3. The first-order valence-electron chi connectivity index (χ1n) is 5.41. The molecule has 2 heterocycles. The summed E-state index contributed by atoms with van der Waals surface area (Å²) in [5.41, 5.74) is 5.38. The van der Waals surface area contributed by atoms with E-state index in [4.69, 9.17) is 0 Å². The Kier molecular flexibility index (Phi) is 2.32. The number of anilines is 1. The Labute approximate surface area is 97.8 Å². The Balaban J connectivity index is 2.11. The minimum Gasteiger partial charge on any atom is -0.354 e. The summed E-state index contributed by atoms with van der Waals surface area (Å²) in [5, 5.41) is 3.14. The molecule has 5 heteroatoms. The van der Waals surface area contributed by atoms with E-state index in [9.17, 15) is 0 Å². The molecule has 0 amide bonds. The van der Waals surface area contributed by atoms with Crippen LogP contribution in [0.4, 0.5) is 5.95 Å². The number of thiazole rings is 1. The smallest absolute Gasteiger partial charge is 0.223 e. The van der Waals surface area contributed by atoms with Crippen LogP contribution in [-0.4, -0.2) is 21.5 Å². The molecule has 0 aliphatic heterocycles. The minimum atomic E-state index is 0.711. The van der Waals surface area contributed by atoms with Gasteiger partial charge in [0, 0.05) is 12.7 Å². The van der Waals surface area contributed by atoms with Crippen molar-refractivity contribution < 1.29 is 0 Å². The number of aryl methyl sites for hydroxylation is 2. The largest absolute Gasteiger partial charge is 0.354 e. The molecule has 0 fully saturated rings. The molecule has 0 atom stereocenters. The van der Waals surface area contributed by atoms with Crippen LogP contribution in [0.5, 0.6) is 0 Å². The molecule has 2 aromatic heterocycles. The Morgan fingerprint density at radius 3 is 3.19 bits per heavy atom. The first-order chi connectivity index (χ1) is 7.88. The number of fused-ring (bicyclic) bond motifs is 3. The van der Waals surface area contributed by atoms with Crippen molar-refractivity contribution in [1.29, 1.82) is 0 Å². The highest BCUT2D eigenvalue weighted by atomic mass is 32.1. The molecule has 0 spiro atoms. The summed E-state index contributed by atoms with van der Waals surface area (Å²) >= 11 is 1.67. The number of rotatable bonds is 2. The quantitative estimate of drug-likeness (QED) is 0.861. The summed E-state index contributed by atoms with van der Waals surface area (Å²) in [4.78, 5) is 14.4. The highest BCUT2D eigenvalue weighted by molar-refractivity contribution is 7.13. The summed E-state index contributed by atoms with van der Waals surface area (Å²) in [6.45, 7) is 2.88. The maximum absolute atomic E-state index is 4.56. The second-order valence-electron chi connectivity index (χ2n) is 3.73. The molecule has 82 valence electrons. The van der Waals surface area contributed by atoms with E-state index in [-0.39, 0.29) is 0 Å². The van der Waals surface area contributed by atoms with Crippen LogP contribution < -0.4 is 5.32 Å². The van der Waals surface area contributed by atoms with E-state index in [2.05, 4.69) is 20.3 Å². The number of nitrogens with zero attached hydrogens (tertiary/aromatic N) is 3. The van der Waals surface area contributed by atoms with E-state index in [0.29, 0.717) is 5.95 Å². The van der Waals surface area contributed by atoms with Crippen molar-refractivity contribution in [2.45, 2.75) is 19.8 Å². The summed E-state index contributed by atoms with van der Waals surface area (Å²) in [5.74, 6) is 0.711. The molecule has 2 aromatic rings. The lowest BCUT2D eigenvalue weighted by Crippen LogP contribution is -2.09. The van der Waals surface area contributed by atoms with Gasteiger partial charge in [0.15, 0.2) is 0 Å². The van der Waals surface area contributed by atoms with Gasteiger partial charge in [-0.1, -0.05) is 0 Å². The standard InChI is InChI=1S/C11H12N4S/c1-2-12-11-13-5-7-3-4-8-10(9(7)15-11)16-6-14-8/h5-6H,2-4H2,1H3,(H,12,13,15). The molecule has 4 nitrogen and oxygen atoms in total. The summed E-state index contributed by atoms with van der Waals surface area (Å²) in [7, 11) is 0. The third-order valence-electron chi connectivity index (χ3n) is 2.69. The zero-order chi connectivity index (χ0) is 11.0. The fourth-order valence-electron chi connectivity index (χ4n) is 1.92. The van der Waals surface area contributed by atoms with Gasteiger partial charge in [-0.15, -0.1) is 11.3 Å². The molecule has 0 radical (unpaired) electrons. The fourth-order valence-corrected chi connectivity index (χ4v) is 2.79. The van der Waals surface area contributed by atoms with Crippen LogP contribution in [0.15, 0.2) is 11.7 Å². The first kappa shape index (κ1) is 9.72. The van der Waals surface area contributed by atoms with Gasteiger partial charge in [-0.05, 0) is 25.3 Å². The zero-order valence-electron chi connectivity index (χ0n) is 9.03. The van der Waals surface area contributed by atoms with Crippen molar-refractivity contribution >= 4 is 17.3 Å². The second kappa shape index (κ2) is 3.83. The molecule has 0 saturated carbocycles. The SMILES string of the molecule is CCNc1ncc2c(n1)-c1scnc1CC2. The average Bonchev–Trinajstić information content (AvgIpc) is 2.78. The first-order valence-corrected chi connectivity index (χ1v) is 6.29. The van der Waals surface area contributed by atoms with Crippen LogP contribution in [0.25, 0.3) is 10.6 Å². The van der Waals surface area contributed by atoms with Gasteiger partial charge in [-0.25, -0.2) is 15.0 Å². The van der Waals surface area contributed by atoms with Crippen LogP contribution in [0.2, 0.25) is 0 Å². The van der Waals surface area contributed by atoms with Gasteiger partial charge < -0.3 is 5.32 Å². The molecule has 1 N–H and O–H groups in total. The maximum atomic E-state index is 4.56. The van der Waals surface area contributed by atoms with E-state index in [1.54, 1.807) is 11.3 Å². The van der Waals surface area contributed by atoms with Gasteiger partial charge in [0.05, 0.1) is 21.8 Å². The van der Waals surface area contributed by atoms with E-state index < -0.39 is 0 Å². The molecule has 0 bridgehead atoms. The van der Waals surface area contributed by atoms with Gasteiger partial charge in [0.1, 0.15) is 0 Å². The Bertz CT molecular complexity index is 520. The molecule has 1 aliphatic carbocycles. The van der Waals surface area contributed by atoms with Gasteiger partial charge in [-0.3, -0.25) is 0 Å². The predicted molar refractivity (Wildman–Crippen MR) is 64.7 cm³/mol. The Morgan fingerprint density at radius 2 is 2.31 bits per heavy atom. The van der Waals surface area contributed by atoms with Crippen molar-refractivity contribution in [3.63, 3.8) is 0 Å². The minimum absolute atomic E-state index is 0.711. The lowest BCUT2D eigenvalue weighted by atomic mass is 10.00. The van der Waals surface area contributed by atoms with Crippen molar-refractivity contribution in [2.24, 2.45) is 0 Å². The summed E-state index contributed by atoms with van der Waals surface area (Å²) in [6, 6.07) is 0. The highest BCUT2D eigenvalue weighted by Crippen LogP contribution is 2.34. The van der Waals surface area contributed by atoms with Crippen LogP contribution >= 0.6 is 11.3 Å². The third-order valence-corrected chi connectivity index (χ3v) is 3.56. The number of hydrogen-bond donors (Lipinski definition) is 1. The molecule has 0 saturated heterocycles. The molecular weight excluding hydrogens is 220 g/mol. The van der Waals surface area contributed by atoms with Crippen molar-refractivity contribution in [1.82, 2.24) is 15.0 Å². The van der Waals surface area contributed by atoms with Gasteiger partial charge in [-0.2, -0.15) is 0 Å². The van der Waals surface area contributed by atoms with Crippen LogP contribution in [0.1, 0.15) is 18.2 Å². The van der Waals surface area contributed by atoms with Crippen molar-refractivity contribution in [3.05, 3.63) is 23.0 Å². The van der Waals surface area contributed by atoms with Crippen LogP contribution in [0, 0.1) is 0 Å². The van der Waals surface area contributed by atoms with Gasteiger partial charge in [0.25, 0.3) is 0 Å². The predicted octanol–water partition coefficient (Wildman–Crippen LogP) is 2.13. The normalized spacial score (nSPS) is 13.1. The van der Waals surface area contributed by atoms with Crippen molar-refractivity contribution in [3.8, 4) is 10.6 Å². The van der Waals surface area contributed by atoms with E-state index in [1.807, 2.05) is 18.6 Å². The Hall–Kier alpha value is -1.49. The van der Waals surface area contributed by atoms with Crippen molar-refractivity contribution in [2.75, 3.05) is 11.9 Å². The average molecular weight is 232 g/mol. The second-order valence-corrected chi connectivity index (χ2v) is 4.58. The molecular formula is C11H12N4S. The van der Waals surface area contributed by atoms with E-state index in [1.165, 1.54) is 16.1 Å². The topological polar surface area (TPSA) is 50.7 Å². The van der Waals surface area contributed by atoms with E-state index in [0.717, 1.165) is 25.1 Å². The lowest BCUT2D eigenvalue weighted by Gasteiger charge is -2.14. The maximum Gasteiger partial charge on any atom is 0.223 e. The van der Waals surface area contributed by atoms with Crippen LogP contribution in [-0.2, 0) is 12.8 Å². The molecule has 0 unspecified atom stereocenters. The number of hydrogen-bond acceptors (Lipinski definition) is 5. The number of nitrogens with one attached hydrogen (secondary N) is 1. The Morgan fingerprint density at radius 1 is 1.38 bits per heavy atom. The lowest BCUT2D eigenvalue weighted by molar-refractivity contribution is 0.886. The molecule has 1 aliphatic rings. The third kappa shape index (κ3) is 1.48. The molecule has 3 rings (SSSR count). The molecule has 0 aromatic carbocycles. The zero-order valence-corrected chi connectivity index (χ0v) is 9.84. The van der Waals surface area contributed by atoms with Gasteiger partial charge >= 0.3 is 0 Å². The van der Waals surface area contributed by atoms with Crippen LogP contribution in [0.3, 0.4) is 0 Å². The van der Waals surface area contributed by atoms with Gasteiger partial charge in [0.2, 0.25) is 5.95 Å². The summed E-state index contributed by atoms with van der Waals surface area (Å²) in [6.07, 6.45) is 3.94. The fraction of sp³-hybridized carbons (Fsp3) is 0.364. The van der Waals surface area contributed by atoms with E-state index >= 15 is 0 Å². The summed E-state index contributed by atoms with van der Waals surface area (Å²) < 4.78 is 0.